The first-order chi connectivity index (χ1) is 9.99. The van der Waals surface area contributed by atoms with Crippen molar-refractivity contribution in [3.05, 3.63) is 34.2 Å². The number of nitrogens with zero attached hydrogens (tertiary/aromatic N) is 3. The minimum atomic E-state index is -0.543. The van der Waals surface area contributed by atoms with E-state index in [1.807, 2.05) is 6.07 Å². The maximum absolute atomic E-state index is 14.2. The molecule has 0 saturated carbocycles. The number of benzene rings is 1. The second-order valence-electron chi connectivity index (χ2n) is 4.31. The highest BCUT2D eigenvalue weighted by Crippen LogP contribution is 2.34. The largest absolute Gasteiger partial charge is 0.479 e. The average molecular weight is 304 g/mol. The van der Waals surface area contributed by atoms with E-state index in [4.69, 9.17) is 28.0 Å². The zero-order valence-electron chi connectivity index (χ0n) is 11.4. The van der Waals surface area contributed by atoms with E-state index >= 15 is 0 Å². The molecule has 0 unspecified atom stereocenters. The monoisotopic (exact) mass is 303 g/mol. The van der Waals surface area contributed by atoms with Crippen molar-refractivity contribution in [2.45, 2.75) is 6.92 Å². The highest BCUT2D eigenvalue weighted by molar-refractivity contribution is 6.32. The average Bonchev–Trinajstić information content (AvgIpc) is 2.72. The molecule has 1 heterocycles. The molecule has 6 heteroatoms. The van der Waals surface area contributed by atoms with E-state index in [2.05, 4.69) is 11.0 Å². The van der Waals surface area contributed by atoms with Crippen LogP contribution in [0, 0.1) is 36.4 Å². The van der Waals surface area contributed by atoms with Gasteiger partial charge in [0.05, 0.1) is 10.7 Å². The van der Waals surface area contributed by atoms with Gasteiger partial charge >= 0.3 is 0 Å². The maximum Gasteiger partial charge on any atom is 0.148 e. The second-order valence-corrected chi connectivity index (χ2v) is 4.72. The first-order valence-electron chi connectivity index (χ1n) is 5.99. The van der Waals surface area contributed by atoms with Crippen molar-refractivity contribution in [2.75, 3.05) is 6.61 Å². The number of rotatable bonds is 3. The first kappa shape index (κ1) is 14.9. The Morgan fingerprint density at radius 1 is 1.52 bits per heavy atom. The Hall–Kier alpha value is -2.50. The summed E-state index contributed by atoms with van der Waals surface area (Å²) < 4.78 is 20.8. The molecule has 2 aromatic rings. The van der Waals surface area contributed by atoms with E-state index in [9.17, 15) is 4.39 Å². The fourth-order valence-corrected chi connectivity index (χ4v) is 2.19. The van der Waals surface area contributed by atoms with Gasteiger partial charge in [0.2, 0.25) is 0 Å². The van der Waals surface area contributed by atoms with Crippen LogP contribution >= 0.6 is 11.6 Å². The fourth-order valence-electron chi connectivity index (χ4n) is 1.98. The summed E-state index contributed by atoms with van der Waals surface area (Å²) in [6.07, 6.45) is 5.13. The number of aryl methyl sites for hydroxylation is 1. The lowest BCUT2D eigenvalue weighted by Crippen LogP contribution is -1.97. The van der Waals surface area contributed by atoms with Crippen molar-refractivity contribution in [3.63, 3.8) is 0 Å². The molecule has 21 heavy (non-hydrogen) atoms. The molecule has 0 aliphatic rings. The lowest BCUT2D eigenvalue weighted by molar-refractivity contribution is 0.370. The predicted molar refractivity (Wildman–Crippen MR) is 77.4 cm³/mol. The Balaban J connectivity index is 2.59. The van der Waals surface area contributed by atoms with Gasteiger partial charge in [-0.3, -0.25) is 4.68 Å². The van der Waals surface area contributed by atoms with Crippen LogP contribution in [0.15, 0.2) is 12.1 Å². The Morgan fingerprint density at radius 3 is 2.81 bits per heavy atom. The van der Waals surface area contributed by atoms with E-state index in [-0.39, 0.29) is 22.9 Å². The molecule has 2 rings (SSSR count). The molecule has 1 aromatic heterocycles. The first-order valence-corrected chi connectivity index (χ1v) is 6.36. The summed E-state index contributed by atoms with van der Waals surface area (Å²) in [7, 11) is 1.62. The molecule has 0 spiro atoms. The van der Waals surface area contributed by atoms with E-state index in [1.165, 1.54) is 10.7 Å². The van der Waals surface area contributed by atoms with Gasteiger partial charge in [0.15, 0.2) is 0 Å². The minimum Gasteiger partial charge on any atom is -0.479 e. The van der Waals surface area contributed by atoms with Gasteiger partial charge < -0.3 is 4.74 Å². The van der Waals surface area contributed by atoms with Gasteiger partial charge in [-0.25, -0.2) is 4.39 Å². The van der Waals surface area contributed by atoms with Crippen molar-refractivity contribution in [1.29, 1.82) is 5.26 Å². The summed E-state index contributed by atoms with van der Waals surface area (Å²) in [6, 6.07) is 4.61. The lowest BCUT2D eigenvalue weighted by Gasteiger charge is -2.08. The molecule has 0 aliphatic heterocycles. The van der Waals surface area contributed by atoms with Crippen LogP contribution in [0.3, 0.4) is 0 Å². The molecule has 0 saturated heterocycles. The Kier molecular flexibility index (Phi) is 4.16. The SMILES string of the molecule is C#CCOc1cc(-c2nn(C)c(C#N)c2C)c(F)cc1Cl. The van der Waals surface area contributed by atoms with Gasteiger partial charge in [0, 0.05) is 18.2 Å². The summed E-state index contributed by atoms with van der Waals surface area (Å²) in [5.74, 6) is 2.04. The molecule has 1 aromatic carbocycles. The number of aromatic nitrogens is 2. The van der Waals surface area contributed by atoms with Crippen molar-refractivity contribution in [2.24, 2.45) is 7.05 Å². The van der Waals surface area contributed by atoms with Crippen LogP contribution in [-0.4, -0.2) is 16.4 Å². The van der Waals surface area contributed by atoms with Gasteiger partial charge in [-0.05, 0) is 19.1 Å². The van der Waals surface area contributed by atoms with Crippen LogP contribution in [0.5, 0.6) is 5.75 Å². The van der Waals surface area contributed by atoms with Crippen molar-refractivity contribution < 1.29 is 9.13 Å². The fraction of sp³-hybridized carbons (Fsp3) is 0.200. The van der Waals surface area contributed by atoms with Crippen LogP contribution in [-0.2, 0) is 7.05 Å². The van der Waals surface area contributed by atoms with Gasteiger partial charge in [-0.15, -0.1) is 6.42 Å². The van der Waals surface area contributed by atoms with Gasteiger partial charge in [0.25, 0.3) is 0 Å². The Morgan fingerprint density at radius 2 is 2.24 bits per heavy atom. The summed E-state index contributed by atoms with van der Waals surface area (Å²) in [5, 5.41) is 13.4. The zero-order valence-corrected chi connectivity index (χ0v) is 12.2. The highest BCUT2D eigenvalue weighted by atomic mass is 35.5. The van der Waals surface area contributed by atoms with Crippen LogP contribution < -0.4 is 4.74 Å². The molecular formula is C15H11ClFN3O. The summed E-state index contributed by atoms with van der Waals surface area (Å²) in [6.45, 7) is 1.73. The number of terminal acetylenes is 1. The van der Waals surface area contributed by atoms with Gasteiger partial charge in [-0.2, -0.15) is 10.4 Å². The number of hydrogen-bond acceptors (Lipinski definition) is 3. The molecule has 0 aliphatic carbocycles. The number of nitriles is 1. The molecule has 0 amide bonds. The number of halogens is 2. The van der Waals surface area contributed by atoms with E-state index < -0.39 is 5.82 Å². The van der Waals surface area contributed by atoms with Gasteiger partial charge in [-0.1, -0.05) is 17.5 Å². The van der Waals surface area contributed by atoms with Crippen molar-refractivity contribution >= 4 is 11.6 Å². The summed E-state index contributed by atoms with van der Waals surface area (Å²) in [5.41, 5.74) is 1.53. The second kappa shape index (κ2) is 5.87. The third-order valence-electron chi connectivity index (χ3n) is 2.98. The third kappa shape index (κ3) is 2.69. The highest BCUT2D eigenvalue weighted by Gasteiger charge is 2.19. The topological polar surface area (TPSA) is 50.8 Å². The minimum absolute atomic E-state index is 0.0233. The van der Waals surface area contributed by atoms with Crippen LogP contribution in [0.25, 0.3) is 11.3 Å². The molecule has 4 nitrogen and oxygen atoms in total. The molecule has 106 valence electrons. The van der Waals surface area contributed by atoms with E-state index in [0.717, 1.165) is 6.07 Å². The molecule has 0 radical (unpaired) electrons. The molecule has 0 N–H and O–H groups in total. The Bertz CT molecular complexity index is 784. The quantitative estimate of drug-likeness (QED) is 0.819. The van der Waals surface area contributed by atoms with Crippen LogP contribution in [0.4, 0.5) is 4.39 Å². The molecule has 0 bridgehead atoms. The molecular weight excluding hydrogens is 293 g/mol. The lowest BCUT2D eigenvalue weighted by atomic mass is 10.1. The third-order valence-corrected chi connectivity index (χ3v) is 3.27. The summed E-state index contributed by atoms with van der Waals surface area (Å²) in [4.78, 5) is 0. The van der Waals surface area contributed by atoms with E-state index in [1.54, 1.807) is 14.0 Å². The maximum atomic E-state index is 14.2. The number of hydrogen-bond donors (Lipinski definition) is 0. The van der Waals surface area contributed by atoms with Crippen molar-refractivity contribution in [3.8, 4) is 35.4 Å². The van der Waals surface area contributed by atoms with Gasteiger partial charge in [0.1, 0.15) is 29.9 Å². The van der Waals surface area contributed by atoms with Crippen LogP contribution in [0.1, 0.15) is 11.3 Å². The van der Waals surface area contributed by atoms with Crippen molar-refractivity contribution in [1.82, 2.24) is 9.78 Å². The number of ether oxygens (including phenoxy) is 1. The Labute approximate surface area is 126 Å². The zero-order chi connectivity index (χ0) is 15.6. The smallest absolute Gasteiger partial charge is 0.148 e. The summed E-state index contributed by atoms with van der Waals surface area (Å²) >= 11 is 5.92. The standard InChI is InChI=1S/C15H11ClFN3O/c1-4-5-21-14-6-10(12(17)7-11(14)16)15-9(2)13(8-18)20(3)19-15/h1,6-7H,5H2,2-3H3. The normalized spacial score (nSPS) is 10.0. The molecule has 0 atom stereocenters. The molecule has 0 fully saturated rings. The van der Waals surface area contributed by atoms with E-state index in [0.29, 0.717) is 17.0 Å². The predicted octanol–water partition coefficient (Wildman–Crippen LogP) is 3.07. The van der Waals surface area contributed by atoms with Crippen LogP contribution in [0.2, 0.25) is 5.02 Å².